The van der Waals surface area contributed by atoms with Crippen LogP contribution in [0.25, 0.3) is 21.3 Å². The summed E-state index contributed by atoms with van der Waals surface area (Å²) < 4.78 is 1.11. The maximum atomic E-state index is 4.58. The summed E-state index contributed by atoms with van der Waals surface area (Å²) in [6, 6.07) is 13.1. The molecule has 0 aliphatic rings. The summed E-state index contributed by atoms with van der Waals surface area (Å²) in [5.74, 6) is 0. The Bertz CT molecular complexity index is 711. The van der Waals surface area contributed by atoms with Crippen LogP contribution in [0.5, 0.6) is 0 Å². The normalized spacial score (nSPS) is 11.1. The number of nitrogens with zero attached hydrogens (tertiary/aromatic N) is 1. The van der Waals surface area contributed by atoms with Crippen LogP contribution in [0.3, 0.4) is 0 Å². The Morgan fingerprint density at radius 2 is 1.72 bits per heavy atom. The molecule has 0 amide bonds. The van der Waals surface area contributed by atoms with Gasteiger partial charge in [-0.25, -0.2) is 4.98 Å². The first kappa shape index (κ1) is 11.9. The number of aryl methyl sites for hydroxylation is 2. The van der Waals surface area contributed by atoms with Crippen LogP contribution in [-0.4, -0.2) is 4.98 Å². The first-order chi connectivity index (χ1) is 8.63. The van der Waals surface area contributed by atoms with Crippen LogP contribution in [0.2, 0.25) is 0 Å². The van der Waals surface area contributed by atoms with E-state index in [9.17, 15) is 0 Å². The van der Waals surface area contributed by atoms with Crippen LogP contribution in [0.15, 0.2) is 40.2 Å². The van der Waals surface area contributed by atoms with Gasteiger partial charge in [-0.15, -0.1) is 11.3 Å². The van der Waals surface area contributed by atoms with E-state index in [0.717, 1.165) is 14.5 Å². The lowest BCUT2D eigenvalue weighted by molar-refractivity contribution is 1.26. The third-order valence-corrected chi connectivity index (χ3v) is 5.04. The first-order valence-corrected chi connectivity index (χ1v) is 7.38. The molecule has 1 nitrogen and oxygen atoms in total. The van der Waals surface area contributed by atoms with Crippen molar-refractivity contribution in [3.8, 4) is 10.6 Å². The second kappa shape index (κ2) is 4.48. The number of fused-ring (bicyclic) bond motifs is 1. The fraction of sp³-hybridized carbons (Fsp3) is 0.133. The first-order valence-electron chi connectivity index (χ1n) is 5.77. The molecule has 1 aromatic heterocycles. The molecule has 0 atom stereocenters. The van der Waals surface area contributed by atoms with Gasteiger partial charge in [-0.3, -0.25) is 0 Å². The van der Waals surface area contributed by atoms with Gasteiger partial charge in [0.15, 0.2) is 0 Å². The number of thiazole rings is 1. The van der Waals surface area contributed by atoms with E-state index in [1.807, 2.05) is 6.92 Å². The van der Waals surface area contributed by atoms with Crippen LogP contribution in [0.4, 0.5) is 0 Å². The Kier molecular flexibility index (Phi) is 2.96. The third kappa shape index (κ3) is 2.08. The highest BCUT2D eigenvalue weighted by atomic mass is 79.9. The zero-order valence-electron chi connectivity index (χ0n) is 10.2. The van der Waals surface area contributed by atoms with Crippen LogP contribution < -0.4 is 0 Å². The van der Waals surface area contributed by atoms with Crippen molar-refractivity contribution in [2.75, 3.05) is 0 Å². The average molecular weight is 318 g/mol. The number of halogens is 1. The van der Waals surface area contributed by atoms with Gasteiger partial charge < -0.3 is 0 Å². The predicted molar refractivity (Wildman–Crippen MR) is 82.2 cm³/mol. The summed E-state index contributed by atoms with van der Waals surface area (Å²) in [4.78, 5) is 4.58. The molecule has 0 unspecified atom stereocenters. The third-order valence-electron chi connectivity index (χ3n) is 2.98. The van der Waals surface area contributed by atoms with Gasteiger partial charge in [0.1, 0.15) is 5.01 Å². The van der Waals surface area contributed by atoms with Crippen LogP contribution in [-0.2, 0) is 0 Å². The van der Waals surface area contributed by atoms with Gasteiger partial charge in [0, 0.05) is 5.56 Å². The Morgan fingerprint density at radius 1 is 1.00 bits per heavy atom. The lowest BCUT2D eigenvalue weighted by Crippen LogP contribution is -1.80. The van der Waals surface area contributed by atoms with E-state index in [2.05, 4.69) is 64.2 Å². The van der Waals surface area contributed by atoms with Gasteiger partial charge in [-0.1, -0.05) is 35.9 Å². The topological polar surface area (TPSA) is 12.9 Å². The molecule has 0 saturated heterocycles. The van der Waals surface area contributed by atoms with Crippen molar-refractivity contribution in [2.45, 2.75) is 13.8 Å². The fourth-order valence-corrected chi connectivity index (χ4v) is 3.34. The molecule has 0 radical (unpaired) electrons. The molecule has 0 spiro atoms. The Hall–Kier alpha value is -1.19. The molecule has 2 aromatic carbocycles. The monoisotopic (exact) mass is 317 g/mol. The number of hydrogen-bond donors (Lipinski definition) is 0. The molecule has 90 valence electrons. The van der Waals surface area contributed by atoms with Crippen molar-refractivity contribution in [1.29, 1.82) is 0 Å². The molecule has 0 aliphatic heterocycles. The smallest absolute Gasteiger partial charge is 0.124 e. The minimum Gasteiger partial charge on any atom is -0.240 e. The largest absolute Gasteiger partial charge is 0.240 e. The molecule has 0 bridgehead atoms. The van der Waals surface area contributed by atoms with Crippen molar-refractivity contribution in [2.24, 2.45) is 0 Å². The van der Waals surface area contributed by atoms with Gasteiger partial charge >= 0.3 is 0 Å². The van der Waals surface area contributed by atoms with E-state index in [1.54, 1.807) is 11.3 Å². The van der Waals surface area contributed by atoms with Gasteiger partial charge in [0.05, 0.1) is 9.48 Å². The summed E-state index contributed by atoms with van der Waals surface area (Å²) in [6.45, 7) is 4.14. The average Bonchev–Trinajstić information content (AvgIpc) is 2.69. The Morgan fingerprint density at radius 3 is 2.44 bits per heavy atom. The second-order valence-electron chi connectivity index (χ2n) is 4.44. The van der Waals surface area contributed by atoms with E-state index in [1.165, 1.54) is 21.9 Å². The van der Waals surface area contributed by atoms with E-state index >= 15 is 0 Å². The maximum absolute atomic E-state index is 4.58. The van der Waals surface area contributed by atoms with Crippen LogP contribution in [0.1, 0.15) is 11.3 Å². The molecular formula is C15H12BrNS. The molecule has 3 heteroatoms. The van der Waals surface area contributed by atoms with Crippen LogP contribution in [0, 0.1) is 13.8 Å². The van der Waals surface area contributed by atoms with Crippen molar-refractivity contribution in [3.63, 3.8) is 0 Å². The lowest BCUT2D eigenvalue weighted by Gasteiger charge is -2.02. The second-order valence-corrected chi connectivity index (χ2v) is 6.76. The zero-order chi connectivity index (χ0) is 12.7. The molecule has 18 heavy (non-hydrogen) atoms. The summed E-state index contributed by atoms with van der Waals surface area (Å²) >= 11 is 5.21. The molecule has 0 N–H and O–H groups in total. The highest BCUT2D eigenvalue weighted by Crippen LogP contribution is 2.33. The Labute approximate surface area is 119 Å². The minimum atomic E-state index is 1.05. The van der Waals surface area contributed by atoms with Crippen molar-refractivity contribution in [1.82, 2.24) is 4.98 Å². The van der Waals surface area contributed by atoms with E-state index in [0.29, 0.717) is 0 Å². The lowest BCUT2D eigenvalue weighted by atomic mass is 10.1. The summed E-state index contributed by atoms with van der Waals surface area (Å²) in [6.07, 6.45) is 0. The number of aromatic nitrogens is 1. The molecule has 0 aliphatic carbocycles. The summed E-state index contributed by atoms with van der Waals surface area (Å²) in [5, 5.41) is 3.62. The SMILES string of the molecule is Cc1ccc2cc(-c3nc(C)c(Br)s3)ccc2c1. The van der Waals surface area contributed by atoms with Gasteiger partial charge in [0.25, 0.3) is 0 Å². The fourth-order valence-electron chi connectivity index (χ4n) is 2.00. The van der Waals surface area contributed by atoms with E-state index in [4.69, 9.17) is 0 Å². The standard InChI is InChI=1S/C15H12BrNS/c1-9-3-4-12-8-13(6-5-11(12)7-9)15-17-10(2)14(16)18-15/h3-8H,1-2H3. The number of benzene rings is 2. The zero-order valence-corrected chi connectivity index (χ0v) is 12.6. The van der Waals surface area contributed by atoms with Crippen molar-refractivity contribution in [3.05, 3.63) is 51.4 Å². The number of rotatable bonds is 1. The minimum absolute atomic E-state index is 1.05. The highest BCUT2D eigenvalue weighted by Gasteiger charge is 2.07. The van der Waals surface area contributed by atoms with E-state index < -0.39 is 0 Å². The van der Waals surface area contributed by atoms with Crippen molar-refractivity contribution < 1.29 is 0 Å². The van der Waals surface area contributed by atoms with Crippen LogP contribution >= 0.6 is 27.3 Å². The maximum Gasteiger partial charge on any atom is 0.124 e. The summed E-state index contributed by atoms with van der Waals surface area (Å²) in [5.41, 5.74) is 3.53. The van der Waals surface area contributed by atoms with Gasteiger partial charge in [-0.2, -0.15) is 0 Å². The quantitative estimate of drug-likeness (QED) is 0.590. The molecule has 0 fully saturated rings. The van der Waals surface area contributed by atoms with E-state index in [-0.39, 0.29) is 0 Å². The van der Waals surface area contributed by atoms with Crippen molar-refractivity contribution >= 4 is 38.0 Å². The molecule has 0 saturated carbocycles. The Balaban J connectivity index is 2.16. The highest BCUT2D eigenvalue weighted by molar-refractivity contribution is 9.11. The predicted octanol–water partition coefficient (Wildman–Crippen LogP) is 5.34. The van der Waals surface area contributed by atoms with Gasteiger partial charge in [-0.05, 0) is 46.6 Å². The molecular weight excluding hydrogens is 306 g/mol. The summed E-state index contributed by atoms with van der Waals surface area (Å²) in [7, 11) is 0. The molecule has 1 heterocycles. The molecule has 3 aromatic rings. The number of hydrogen-bond acceptors (Lipinski definition) is 2. The van der Waals surface area contributed by atoms with Gasteiger partial charge in [0.2, 0.25) is 0 Å². The molecule has 3 rings (SSSR count).